The first-order valence-electron chi connectivity index (χ1n) is 8.17. The highest BCUT2D eigenvalue weighted by molar-refractivity contribution is 7.17. The van der Waals surface area contributed by atoms with Gasteiger partial charge in [0.2, 0.25) is 5.13 Å². The van der Waals surface area contributed by atoms with Gasteiger partial charge in [0.1, 0.15) is 10.9 Å². The predicted octanol–water partition coefficient (Wildman–Crippen LogP) is 4.16. The van der Waals surface area contributed by atoms with Crippen molar-refractivity contribution in [3.8, 4) is 22.1 Å². The number of halogens is 4. The van der Waals surface area contributed by atoms with Crippen LogP contribution in [0.25, 0.3) is 11.1 Å². The van der Waals surface area contributed by atoms with Gasteiger partial charge in [0, 0.05) is 23.0 Å². The molecule has 0 fully saturated rings. The van der Waals surface area contributed by atoms with Crippen LogP contribution in [-0.4, -0.2) is 46.0 Å². The average Bonchev–Trinajstić information content (AvgIpc) is 3.13. The van der Waals surface area contributed by atoms with E-state index in [-0.39, 0.29) is 21.0 Å². The lowest BCUT2D eigenvalue weighted by molar-refractivity contribution is -0.153. The molecule has 8 nitrogen and oxygen atoms in total. The number of hydrogen-bond acceptors (Lipinski definition) is 8. The van der Waals surface area contributed by atoms with Crippen LogP contribution in [0.4, 0.5) is 18.3 Å². The molecule has 0 aliphatic heterocycles. The SMILES string of the molecule is COc1cnc(Cl)cc1-c1cc(C)ncc1C(=O)Nc1nnc(OCC(F)(F)F)s1. The molecule has 13 heteroatoms. The molecule has 30 heavy (non-hydrogen) atoms. The van der Waals surface area contributed by atoms with E-state index in [0.29, 0.717) is 33.9 Å². The normalized spacial score (nSPS) is 11.3. The molecule has 1 amide bonds. The van der Waals surface area contributed by atoms with Gasteiger partial charge in [-0.3, -0.25) is 15.1 Å². The Balaban J connectivity index is 1.88. The van der Waals surface area contributed by atoms with Gasteiger partial charge in [0.25, 0.3) is 11.1 Å². The number of pyridine rings is 2. The highest BCUT2D eigenvalue weighted by Crippen LogP contribution is 2.34. The maximum Gasteiger partial charge on any atom is 0.422 e. The first kappa shape index (κ1) is 21.7. The maximum absolute atomic E-state index is 12.8. The van der Waals surface area contributed by atoms with Crippen LogP contribution in [0, 0.1) is 6.92 Å². The molecule has 3 aromatic heterocycles. The third-order valence-electron chi connectivity index (χ3n) is 3.62. The highest BCUT2D eigenvalue weighted by Gasteiger charge is 2.29. The van der Waals surface area contributed by atoms with Crippen LogP contribution in [-0.2, 0) is 0 Å². The molecule has 0 aromatic carbocycles. The molecule has 0 spiro atoms. The van der Waals surface area contributed by atoms with Crippen LogP contribution in [0.5, 0.6) is 10.9 Å². The van der Waals surface area contributed by atoms with Crippen LogP contribution in [0.1, 0.15) is 16.1 Å². The topological polar surface area (TPSA) is 99.1 Å². The molecule has 0 saturated carbocycles. The quantitative estimate of drug-likeness (QED) is 0.552. The fourth-order valence-electron chi connectivity index (χ4n) is 2.38. The lowest BCUT2D eigenvalue weighted by Crippen LogP contribution is -2.19. The number of rotatable bonds is 6. The van der Waals surface area contributed by atoms with Crippen LogP contribution >= 0.6 is 22.9 Å². The predicted molar refractivity (Wildman–Crippen MR) is 103 cm³/mol. The van der Waals surface area contributed by atoms with Gasteiger partial charge >= 0.3 is 6.18 Å². The van der Waals surface area contributed by atoms with E-state index in [0.717, 1.165) is 0 Å². The molecule has 3 heterocycles. The lowest BCUT2D eigenvalue weighted by Gasteiger charge is -2.13. The molecule has 3 rings (SSSR count). The molecule has 0 aliphatic rings. The van der Waals surface area contributed by atoms with Gasteiger partial charge in [-0.1, -0.05) is 16.7 Å². The Labute approximate surface area is 177 Å². The monoisotopic (exact) mass is 459 g/mol. The van der Waals surface area contributed by atoms with E-state index in [1.165, 1.54) is 19.5 Å². The van der Waals surface area contributed by atoms with E-state index in [2.05, 4.69) is 30.2 Å². The summed E-state index contributed by atoms with van der Waals surface area (Å²) in [6.45, 7) is 0.236. The van der Waals surface area contributed by atoms with E-state index >= 15 is 0 Å². The standard InChI is InChI=1S/C17H13ClF3N5O3S/c1-8-3-9(10-4-13(18)23-6-12(10)28-2)11(5-22-8)14(27)24-15-25-26-16(30-15)29-7-17(19,20)21/h3-6H,7H2,1-2H3,(H,24,25,27). The number of methoxy groups -OCH3 is 1. The fraction of sp³-hybridized carbons (Fsp3) is 0.235. The summed E-state index contributed by atoms with van der Waals surface area (Å²) in [4.78, 5) is 20.9. The van der Waals surface area contributed by atoms with Crippen molar-refractivity contribution in [1.29, 1.82) is 0 Å². The van der Waals surface area contributed by atoms with E-state index in [4.69, 9.17) is 16.3 Å². The number of carbonyl (C=O) groups is 1. The third kappa shape index (κ3) is 5.33. The summed E-state index contributed by atoms with van der Waals surface area (Å²) in [6, 6.07) is 3.21. The van der Waals surface area contributed by atoms with Gasteiger partial charge < -0.3 is 9.47 Å². The van der Waals surface area contributed by atoms with Gasteiger partial charge in [0.15, 0.2) is 6.61 Å². The molecule has 0 atom stereocenters. The second-order valence-electron chi connectivity index (χ2n) is 5.81. The molecule has 0 unspecified atom stereocenters. The Kier molecular flexibility index (Phi) is 6.37. The first-order chi connectivity index (χ1) is 14.2. The van der Waals surface area contributed by atoms with Crippen molar-refractivity contribution in [3.63, 3.8) is 0 Å². The maximum atomic E-state index is 12.8. The van der Waals surface area contributed by atoms with Gasteiger partial charge in [-0.2, -0.15) is 13.2 Å². The number of aryl methyl sites for hydroxylation is 1. The molecule has 3 aromatic rings. The van der Waals surface area contributed by atoms with Crippen molar-refractivity contribution in [2.45, 2.75) is 13.1 Å². The molecular weight excluding hydrogens is 447 g/mol. The molecule has 0 radical (unpaired) electrons. The molecular formula is C17H13ClF3N5O3S. The van der Waals surface area contributed by atoms with Crippen molar-refractivity contribution < 1.29 is 27.4 Å². The number of carbonyl (C=O) groups excluding carboxylic acids is 1. The average molecular weight is 460 g/mol. The van der Waals surface area contributed by atoms with Crippen molar-refractivity contribution in [2.75, 3.05) is 19.0 Å². The van der Waals surface area contributed by atoms with Crippen molar-refractivity contribution in [1.82, 2.24) is 20.2 Å². The molecule has 0 saturated heterocycles. The van der Waals surface area contributed by atoms with Gasteiger partial charge in [-0.15, -0.1) is 5.10 Å². The fourth-order valence-corrected chi connectivity index (χ4v) is 3.13. The minimum atomic E-state index is -4.51. The van der Waals surface area contributed by atoms with Gasteiger partial charge in [-0.05, 0) is 30.4 Å². The lowest BCUT2D eigenvalue weighted by atomic mass is 10.0. The summed E-state index contributed by atoms with van der Waals surface area (Å²) in [5, 5.41) is 9.39. The number of nitrogens with zero attached hydrogens (tertiary/aromatic N) is 4. The Morgan fingerprint density at radius 1 is 1.20 bits per heavy atom. The van der Waals surface area contributed by atoms with E-state index < -0.39 is 18.7 Å². The highest BCUT2D eigenvalue weighted by atomic mass is 35.5. The number of aromatic nitrogens is 4. The number of nitrogens with one attached hydrogen (secondary N) is 1. The molecule has 1 N–H and O–H groups in total. The largest absolute Gasteiger partial charge is 0.494 e. The number of anilines is 1. The van der Waals surface area contributed by atoms with Crippen LogP contribution in [0.15, 0.2) is 24.5 Å². The summed E-state index contributed by atoms with van der Waals surface area (Å²) in [5.74, 6) is -0.219. The van der Waals surface area contributed by atoms with Gasteiger partial charge in [0.05, 0.1) is 18.9 Å². The van der Waals surface area contributed by atoms with Crippen molar-refractivity contribution in [2.24, 2.45) is 0 Å². The van der Waals surface area contributed by atoms with Crippen LogP contribution in [0.2, 0.25) is 5.15 Å². The Morgan fingerprint density at radius 3 is 2.67 bits per heavy atom. The smallest absolute Gasteiger partial charge is 0.422 e. The zero-order valence-corrected chi connectivity index (χ0v) is 17.0. The van der Waals surface area contributed by atoms with Crippen LogP contribution < -0.4 is 14.8 Å². The summed E-state index contributed by atoms with van der Waals surface area (Å²) in [6.07, 6.45) is -1.73. The Morgan fingerprint density at radius 2 is 1.97 bits per heavy atom. The summed E-state index contributed by atoms with van der Waals surface area (Å²) >= 11 is 6.66. The summed E-state index contributed by atoms with van der Waals surface area (Å²) < 4.78 is 46.5. The zero-order chi connectivity index (χ0) is 21.9. The van der Waals surface area contributed by atoms with E-state index in [1.807, 2.05) is 0 Å². The molecule has 0 bridgehead atoms. The minimum Gasteiger partial charge on any atom is -0.494 e. The number of hydrogen-bond donors (Lipinski definition) is 1. The first-order valence-corrected chi connectivity index (χ1v) is 9.36. The van der Waals surface area contributed by atoms with Gasteiger partial charge in [-0.25, -0.2) is 4.98 Å². The van der Waals surface area contributed by atoms with E-state index in [9.17, 15) is 18.0 Å². The number of ether oxygens (including phenoxy) is 2. The zero-order valence-electron chi connectivity index (χ0n) is 15.5. The Hall–Kier alpha value is -2.99. The molecule has 158 valence electrons. The van der Waals surface area contributed by atoms with E-state index in [1.54, 1.807) is 19.1 Å². The van der Waals surface area contributed by atoms with Crippen molar-refractivity contribution in [3.05, 3.63) is 40.9 Å². The van der Waals surface area contributed by atoms with Crippen molar-refractivity contribution >= 4 is 34.0 Å². The third-order valence-corrected chi connectivity index (χ3v) is 4.57. The van der Waals surface area contributed by atoms with Crippen LogP contribution in [0.3, 0.4) is 0 Å². The second kappa shape index (κ2) is 8.79. The summed E-state index contributed by atoms with van der Waals surface area (Å²) in [7, 11) is 1.45. The molecule has 0 aliphatic carbocycles. The number of amides is 1. The second-order valence-corrected chi connectivity index (χ2v) is 7.14. The Bertz CT molecular complexity index is 1080. The number of alkyl halides is 3. The summed E-state index contributed by atoms with van der Waals surface area (Å²) in [5.41, 5.74) is 1.78. The minimum absolute atomic E-state index is 0.0385.